The zero-order valence-corrected chi connectivity index (χ0v) is 13.4. The molecular weight excluding hydrogens is 304 g/mol. The number of H-pyrrole nitrogens is 1. The van der Waals surface area contributed by atoms with E-state index in [-0.39, 0.29) is 18.0 Å². The minimum absolute atomic E-state index is 0.0356. The first kappa shape index (κ1) is 14.2. The Kier molecular flexibility index (Phi) is 3.07. The molecule has 4 fully saturated rings. The maximum absolute atomic E-state index is 12.6. The van der Waals surface area contributed by atoms with Gasteiger partial charge in [-0.15, -0.1) is 0 Å². The number of Topliss-reactive ketones (excluding diaryl/α,β-unsaturated/α-hetero) is 1. The zero-order valence-electron chi connectivity index (χ0n) is 13.4. The number of piperidine rings is 4. The molecule has 2 atom stereocenters. The Hall–Kier alpha value is -2.14. The molecule has 0 radical (unpaired) electrons. The maximum atomic E-state index is 12.6. The molecule has 6 rings (SSSR count). The van der Waals surface area contributed by atoms with Crippen molar-refractivity contribution in [1.29, 1.82) is 0 Å². The van der Waals surface area contributed by atoms with Gasteiger partial charge in [0.1, 0.15) is 11.9 Å². The first-order valence-corrected chi connectivity index (χ1v) is 8.74. The van der Waals surface area contributed by atoms with Crippen LogP contribution >= 0.6 is 0 Å². The first-order chi connectivity index (χ1) is 11.7. The highest BCUT2D eigenvalue weighted by Crippen LogP contribution is 2.42. The number of carbonyl (C=O) groups is 2. The molecule has 124 valence electrons. The van der Waals surface area contributed by atoms with Crippen molar-refractivity contribution in [3.05, 3.63) is 36.0 Å². The summed E-state index contributed by atoms with van der Waals surface area (Å²) in [7, 11) is 0. The van der Waals surface area contributed by atoms with Crippen molar-refractivity contribution >= 4 is 22.7 Å². The standard InChI is InChI=1S/C19H20N2O3/c22-18-10-21-12-5-11(18)6-13(21)8-14(7-12)24-19(23)16-9-20-17-4-2-1-3-15(16)17/h1-4,9,11-14,20H,5-8,10H2/t11-,12-,13-,14-/m0/s1. The first-order valence-electron chi connectivity index (χ1n) is 8.74. The molecule has 4 saturated heterocycles. The molecule has 5 nitrogen and oxygen atoms in total. The molecule has 5 heteroatoms. The summed E-state index contributed by atoms with van der Waals surface area (Å²) in [4.78, 5) is 30.0. The number of rotatable bonds is 2. The number of esters is 1. The van der Waals surface area contributed by atoms with Gasteiger partial charge in [-0.2, -0.15) is 0 Å². The second-order valence-electron chi connectivity index (χ2n) is 7.36. The Morgan fingerprint density at radius 2 is 1.88 bits per heavy atom. The van der Waals surface area contributed by atoms with Crippen molar-refractivity contribution in [1.82, 2.24) is 9.88 Å². The predicted molar refractivity (Wildman–Crippen MR) is 88.7 cm³/mol. The van der Waals surface area contributed by atoms with Gasteiger partial charge in [-0.25, -0.2) is 4.79 Å². The summed E-state index contributed by atoms with van der Waals surface area (Å²) in [5.41, 5.74) is 1.56. The number of ether oxygens (including phenoxy) is 1. The molecule has 0 aliphatic carbocycles. The topological polar surface area (TPSA) is 62.4 Å². The lowest BCUT2D eigenvalue weighted by atomic mass is 9.72. The molecule has 24 heavy (non-hydrogen) atoms. The highest BCUT2D eigenvalue weighted by Gasteiger charge is 2.49. The molecule has 4 aliphatic heterocycles. The van der Waals surface area contributed by atoms with E-state index in [9.17, 15) is 9.59 Å². The Balaban J connectivity index is 1.33. The van der Waals surface area contributed by atoms with Crippen molar-refractivity contribution in [3.8, 4) is 0 Å². The van der Waals surface area contributed by atoms with Crippen LogP contribution in [0, 0.1) is 5.92 Å². The summed E-state index contributed by atoms with van der Waals surface area (Å²) in [5, 5.41) is 0.909. The van der Waals surface area contributed by atoms with E-state index in [1.807, 2.05) is 24.3 Å². The number of ketones is 1. The molecule has 1 aromatic heterocycles. The summed E-state index contributed by atoms with van der Waals surface area (Å²) in [5.74, 6) is 0.403. The van der Waals surface area contributed by atoms with Gasteiger partial charge in [0, 0.05) is 47.9 Å². The van der Waals surface area contributed by atoms with E-state index in [1.165, 1.54) is 0 Å². The minimum Gasteiger partial charge on any atom is -0.459 e. The van der Waals surface area contributed by atoms with Crippen LogP contribution in [0.3, 0.4) is 0 Å². The van der Waals surface area contributed by atoms with E-state index in [0.29, 0.717) is 30.0 Å². The lowest BCUT2D eigenvalue weighted by Gasteiger charge is -2.54. The van der Waals surface area contributed by atoms with E-state index in [4.69, 9.17) is 4.74 Å². The van der Waals surface area contributed by atoms with Gasteiger partial charge < -0.3 is 9.72 Å². The fourth-order valence-corrected chi connectivity index (χ4v) is 4.87. The van der Waals surface area contributed by atoms with Gasteiger partial charge in [-0.1, -0.05) is 18.2 Å². The van der Waals surface area contributed by atoms with Gasteiger partial charge in [0.25, 0.3) is 0 Å². The van der Waals surface area contributed by atoms with Crippen molar-refractivity contribution in [2.75, 3.05) is 6.54 Å². The number of hydrogen-bond donors (Lipinski definition) is 1. The number of benzene rings is 1. The molecule has 0 saturated carbocycles. The zero-order chi connectivity index (χ0) is 16.3. The normalized spacial score (nSPS) is 34.5. The van der Waals surface area contributed by atoms with E-state index >= 15 is 0 Å². The molecule has 4 aliphatic rings. The molecule has 2 aromatic rings. The summed E-state index contributed by atoms with van der Waals surface area (Å²) < 4.78 is 5.84. The smallest absolute Gasteiger partial charge is 0.340 e. The van der Waals surface area contributed by atoms with Crippen LogP contribution in [-0.4, -0.2) is 46.4 Å². The van der Waals surface area contributed by atoms with Gasteiger partial charge >= 0.3 is 5.97 Å². The van der Waals surface area contributed by atoms with Crippen LogP contribution in [-0.2, 0) is 9.53 Å². The van der Waals surface area contributed by atoms with Gasteiger partial charge in [-0.05, 0) is 18.9 Å². The second-order valence-corrected chi connectivity index (χ2v) is 7.36. The number of aromatic amines is 1. The molecule has 1 aromatic carbocycles. The summed E-state index contributed by atoms with van der Waals surface area (Å²) in [6, 6.07) is 8.58. The third kappa shape index (κ3) is 2.11. The number of carbonyl (C=O) groups excluding carboxylic acids is 2. The molecule has 0 spiro atoms. The van der Waals surface area contributed by atoms with Crippen molar-refractivity contribution in [2.24, 2.45) is 5.92 Å². The fourth-order valence-electron chi connectivity index (χ4n) is 4.87. The van der Waals surface area contributed by atoms with Crippen LogP contribution in [0.4, 0.5) is 0 Å². The molecule has 5 heterocycles. The predicted octanol–water partition coefficient (Wildman–Crippen LogP) is 2.52. The minimum atomic E-state index is -0.242. The quantitative estimate of drug-likeness (QED) is 0.862. The van der Waals surface area contributed by atoms with Gasteiger partial charge in [0.15, 0.2) is 0 Å². The Bertz CT molecular complexity index is 811. The van der Waals surface area contributed by atoms with Crippen molar-refractivity contribution in [3.63, 3.8) is 0 Å². The highest BCUT2D eigenvalue weighted by molar-refractivity contribution is 6.04. The second kappa shape index (κ2) is 5.18. The van der Waals surface area contributed by atoms with Crippen LogP contribution < -0.4 is 0 Å². The van der Waals surface area contributed by atoms with Crippen molar-refractivity contribution in [2.45, 2.75) is 43.9 Å². The third-order valence-corrected chi connectivity index (χ3v) is 6.00. The number of para-hydroxylation sites is 1. The Labute approximate surface area is 140 Å². The largest absolute Gasteiger partial charge is 0.459 e. The summed E-state index contributed by atoms with van der Waals surface area (Å²) in [6.45, 7) is 0.600. The Morgan fingerprint density at radius 3 is 2.62 bits per heavy atom. The number of aromatic nitrogens is 1. The number of nitrogens with zero attached hydrogens (tertiary/aromatic N) is 1. The molecule has 1 N–H and O–H groups in total. The van der Waals surface area contributed by atoms with Gasteiger partial charge in [0.2, 0.25) is 0 Å². The van der Waals surface area contributed by atoms with Crippen LogP contribution in [0.1, 0.15) is 36.0 Å². The average molecular weight is 324 g/mol. The number of fused-ring (bicyclic) bond motifs is 2. The van der Waals surface area contributed by atoms with Crippen molar-refractivity contribution < 1.29 is 14.3 Å². The van der Waals surface area contributed by atoms with Gasteiger partial charge in [0.05, 0.1) is 12.1 Å². The molecule has 0 unspecified atom stereocenters. The average Bonchev–Trinajstić information content (AvgIpc) is 2.99. The van der Waals surface area contributed by atoms with E-state index in [2.05, 4.69) is 9.88 Å². The summed E-state index contributed by atoms with van der Waals surface area (Å²) in [6.07, 6.45) is 5.29. The lowest BCUT2D eigenvalue weighted by molar-refractivity contribution is -0.145. The van der Waals surface area contributed by atoms with Crippen LogP contribution in [0.5, 0.6) is 0 Å². The lowest BCUT2D eigenvalue weighted by Crippen LogP contribution is -2.63. The molecule has 0 amide bonds. The third-order valence-electron chi connectivity index (χ3n) is 6.00. The van der Waals surface area contributed by atoms with Crippen LogP contribution in [0.2, 0.25) is 0 Å². The van der Waals surface area contributed by atoms with Crippen LogP contribution in [0.15, 0.2) is 30.5 Å². The highest BCUT2D eigenvalue weighted by atomic mass is 16.5. The van der Waals surface area contributed by atoms with Crippen LogP contribution in [0.25, 0.3) is 10.9 Å². The number of hydrogen-bond acceptors (Lipinski definition) is 4. The van der Waals surface area contributed by atoms with E-state index in [1.54, 1.807) is 6.20 Å². The van der Waals surface area contributed by atoms with Gasteiger partial charge in [-0.3, -0.25) is 9.69 Å². The summed E-state index contributed by atoms with van der Waals surface area (Å²) >= 11 is 0. The van der Waals surface area contributed by atoms with E-state index < -0.39 is 0 Å². The van der Waals surface area contributed by atoms with E-state index in [0.717, 1.165) is 36.6 Å². The molecular formula is C19H20N2O3. The fraction of sp³-hybridized carbons (Fsp3) is 0.474. The maximum Gasteiger partial charge on any atom is 0.340 e. The Morgan fingerprint density at radius 1 is 1.12 bits per heavy atom. The SMILES string of the molecule is O=C(O[C@H]1C[C@@H]2C[C@H]3C[C@@H](C1)N2CC3=O)c1c[nH]c2ccccc12. The number of nitrogens with one attached hydrogen (secondary N) is 1. The molecule has 4 bridgehead atoms. The monoisotopic (exact) mass is 324 g/mol.